The van der Waals surface area contributed by atoms with E-state index >= 15 is 0 Å². The number of esters is 2. The summed E-state index contributed by atoms with van der Waals surface area (Å²) in [5.41, 5.74) is 5.33. The molecule has 3 N–H and O–H groups in total. The van der Waals surface area contributed by atoms with Gasteiger partial charge in [0, 0.05) is 19.4 Å². The Labute approximate surface area is 329 Å². The fourth-order valence-electron chi connectivity index (χ4n) is 5.44. The van der Waals surface area contributed by atoms with Crippen molar-refractivity contribution in [3.8, 4) is 0 Å². The summed E-state index contributed by atoms with van der Waals surface area (Å²) < 4.78 is 32.6. The van der Waals surface area contributed by atoms with Gasteiger partial charge in [-0.3, -0.25) is 18.6 Å². The minimum Gasteiger partial charge on any atom is -0.462 e. The molecule has 0 saturated carbocycles. The number of phosphoric ester groups is 1. The molecule has 0 amide bonds. The lowest BCUT2D eigenvalue weighted by Gasteiger charge is -2.19. The maximum absolute atomic E-state index is 12.5. The van der Waals surface area contributed by atoms with Crippen LogP contribution in [0.1, 0.15) is 174 Å². The Morgan fingerprint density at radius 1 is 0.556 bits per heavy atom. The molecule has 0 saturated heterocycles. The summed E-state index contributed by atoms with van der Waals surface area (Å²) in [5, 5.41) is 0. The second kappa shape index (κ2) is 40.4. The van der Waals surface area contributed by atoms with Gasteiger partial charge in [-0.2, -0.15) is 0 Å². The summed E-state index contributed by atoms with van der Waals surface area (Å²) >= 11 is 0. The largest absolute Gasteiger partial charge is 0.472 e. The van der Waals surface area contributed by atoms with E-state index in [2.05, 4.69) is 68.5 Å². The zero-order valence-corrected chi connectivity index (χ0v) is 35.1. The molecule has 0 bridgehead atoms. The number of hydrogen-bond donors (Lipinski definition) is 2. The van der Waals surface area contributed by atoms with Crippen molar-refractivity contribution in [1.29, 1.82) is 0 Å². The Morgan fingerprint density at radius 3 is 1.54 bits per heavy atom. The van der Waals surface area contributed by atoms with Gasteiger partial charge in [0.1, 0.15) is 6.61 Å². The van der Waals surface area contributed by atoms with Crippen LogP contribution in [0.25, 0.3) is 0 Å². The van der Waals surface area contributed by atoms with Crippen molar-refractivity contribution in [2.24, 2.45) is 5.73 Å². The number of hydrogen-bond acceptors (Lipinski definition) is 8. The number of ether oxygens (including phenoxy) is 2. The van der Waals surface area contributed by atoms with E-state index in [1.54, 1.807) is 0 Å². The first-order valence-corrected chi connectivity index (χ1v) is 22.8. The molecule has 0 aromatic rings. The third-order valence-corrected chi connectivity index (χ3v) is 9.61. The molecule has 2 atom stereocenters. The van der Waals surface area contributed by atoms with Gasteiger partial charge in [-0.1, -0.05) is 145 Å². The van der Waals surface area contributed by atoms with Gasteiger partial charge >= 0.3 is 19.8 Å². The van der Waals surface area contributed by atoms with E-state index in [-0.39, 0.29) is 32.6 Å². The zero-order chi connectivity index (χ0) is 39.6. The lowest BCUT2D eigenvalue weighted by Crippen LogP contribution is -2.29. The fraction of sp³-hybridized carbons (Fsp3) is 0.727. The third-order valence-electron chi connectivity index (χ3n) is 8.63. The molecule has 9 nitrogen and oxygen atoms in total. The quantitative estimate of drug-likeness (QED) is 0.0270. The topological polar surface area (TPSA) is 134 Å². The molecule has 1 unspecified atom stereocenters. The molecule has 0 aromatic heterocycles. The summed E-state index contributed by atoms with van der Waals surface area (Å²) in [6.07, 6.45) is 46.9. The summed E-state index contributed by atoms with van der Waals surface area (Å²) in [6.45, 7) is 3.62. The van der Waals surface area contributed by atoms with E-state index in [0.29, 0.717) is 19.3 Å². The minimum atomic E-state index is -4.39. The van der Waals surface area contributed by atoms with Crippen molar-refractivity contribution in [3.05, 3.63) is 60.8 Å². The van der Waals surface area contributed by atoms with Crippen LogP contribution in [0.2, 0.25) is 0 Å². The van der Waals surface area contributed by atoms with Crippen molar-refractivity contribution in [1.82, 2.24) is 0 Å². The first-order chi connectivity index (χ1) is 26.3. The molecule has 0 fully saturated rings. The molecule has 0 aromatic carbocycles. The van der Waals surface area contributed by atoms with Crippen molar-refractivity contribution in [3.63, 3.8) is 0 Å². The average molecular weight is 780 g/mol. The van der Waals surface area contributed by atoms with E-state index < -0.39 is 32.5 Å². The van der Waals surface area contributed by atoms with Crippen LogP contribution >= 0.6 is 7.82 Å². The van der Waals surface area contributed by atoms with Crippen LogP contribution in [-0.4, -0.2) is 49.3 Å². The lowest BCUT2D eigenvalue weighted by atomic mass is 10.1. The number of phosphoric acid groups is 1. The third kappa shape index (κ3) is 39.4. The van der Waals surface area contributed by atoms with Crippen LogP contribution in [-0.2, 0) is 32.7 Å². The summed E-state index contributed by atoms with van der Waals surface area (Å²) in [5.74, 6) is -0.909. The highest BCUT2D eigenvalue weighted by molar-refractivity contribution is 7.47. The van der Waals surface area contributed by atoms with Crippen LogP contribution in [0.15, 0.2) is 60.8 Å². The van der Waals surface area contributed by atoms with Crippen molar-refractivity contribution < 1.29 is 37.6 Å². The van der Waals surface area contributed by atoms with Crippen LogP contribution in [0, 0.1) is 0 Å². The SMILES string of the molecule is CCCCC/C=C/CCCCCCCC(=O)OC[C@H](COP(=O)(O)OCCN)OC(=O)CCC/C=C/C/C=C/C/C=C/C/C=C/CCCCCCCCC. The van der Waals surface area contributed by atoms with Crippen LogP contribution in [0.5, 0.6) is 0 Å². The van der Waals surface area contributed by atoms with Gasteiger partial charge in [0.2, 0.25) is 0 Å². The molecular formula is C44H78NO8P. The second-order valence-electron chi connectivity index (χ2n) is 13.8. The Hall–Kier alpha value is -2.29. The predicted molar refractivity (Wildman–Crippen MR) is 224 cm³/mol. The summed E-state index contributed by atoms with van der Waals surface area (Å²) in [4.78, 5) is 34.8. The van der Waals surface area contributed by atoms with Crippen LogP contribution < -0.4 is 5.73 Å². The van der Waals surface area contributed by atoms with Crippen molar-refractivity contribution >= 4 is 19.8 Å². The Kier molecular flexibility index (Phi) is 38.7. The van der Waals surface area contributed by atoms with Crippen molar-refractivity contribution in [2.45, 2.75) is 180 Å². The fourth-order valence-corrected chi connectivity index (χ4v) is 6.21. The molecule has 0 aliphatic carbocycles. The van der Waals surface area contributed by atoms with E-state index in [1.807, 2.05) is 6.08 Å². The predicted octanol–water partition coefficient (Wildman–Crippen LogP) is 12.1. The Balaban J connectivity index is 4.28. The highest BCUT2D eigenvalue weighted by Crippen LogP contribution is 2.43. The van der Waals surface area contributed by atoms with E-state index in [4.69, 9.17) is 24.3 Å². The first-order valence-electron chi connectivity index (χ1n) is 21.3. The molecule has 54 heavy (non-hydrogen) atoms. The van der Waals surface area contributed by atoms with Gasteiger partial charge in [0.25, 0.3) is 0 Å². The molecule has 312 valence electrons. The van der Waals surface area contributed by atoms with Gasteiger partial charge in [-0.05, 0) is 77.0 Å². The number of rotatable bonds is 39. The molecule has 10 heteroatoms. The van der Waals surface area contributed by atoms with E-state index in [9.17, 15) is 19.0 Å². The molecule has 0 rings (SSSR count). The van der Waals surface area contributed by atoms with Crippen molar-refractivity contribution in [2.75, 3.05) is 26.4 Å². The Morgan fingerprint density at radius 2 is 0.981 bits per heavy atom. The highest BCUT2D eigenvalue weighted by Gasteiger charge is 2.25. The number of carbonyl (C=O) groups excluding carboxylic acids is 2. The van der Waals surface area contributed by atoms with E-state index in [1.165, 1.54) is 70.6 Å². The zero-order valence-electron chi connectivity index (χ0n) is 34.2. The number of carbonyl (C=O) groups is 2. The summed E-state index contributed by atoms with van der Waals surface area (Å²) in [7, 11) is -4.39. The lowest BCUT2D eigenvalue weighted by molar-refractivity contribution is -0.161. The first kappa shape index (κ1) is 51.7. The minimum absolute atomic E-state index is 0.0414. The van der Waals surface area contributed by atoms with E-state index in [0.717, 1.165) is 57.8 Å². The molecule has 0 heterocycles. The standard InChI is InChI=1S/C44H78NO8P/c1-3-5-7-9-11-13-15-17-18-19-20-21-22-23-24-25-27-29-31-33-35-37-44(47)53-42(41-52-54(48,49)51-39-38-45)40-50-43(46)36-34-32-30-28-26-16-14-12-10-8-6-4-2/h12,14,18-19,21-22,24-25,29,31,42H,3-11,13,15-17,20,23,26-28,30,32-41,45H2,1-2H3,(H,48,49)/b14-12+,19-18+,22-21+,25-24+,31-29+/t42-/m1/s1. The average Bonchev–Trinajstić information content (AvgIpc) is 3.16. The van der Waals surface area contributed by atoms with Crippen LogP contribution in [0.4, 0.5) is 0 Å². The van der Waals surface area contributed by atoms with Gasteiger partial charge in [0.05, 0.1) is 13.2 Å². The van der Waals surface area contributed by atoms with Gasteiger partial charge in [0.15, 0.2) is 6.10 Å². The smallest absolute Gasteiger partial charge is 0.462 e. The molecule has 0 spiro atoms. The number of unbranched alkanes of at least 4 members (excludes halogenated alkanes) is 16. The molecule has 0 aliphatic heterocycles. The summed E-state index contributed by atoms with van der Waals surface area (Å²) in [6, 6.07) is 0. The molecular weight excluding hydrogens is 701 g/mol. The maximum atomic E-state index is 12.5. The van der Waals surface area contributed by atoms with Crippen LogP contribution in [0.3, 0.4) is 0 Å². The van der Waals surface area contributed by atoms with Gasteiger partial charge in [-0.15, -0.1) is 0 Å². The Bertz CT molecular complexity index is 1070. The number of nitrogens with two attached hydrogens (primary N) is 1. The highest BCUT2D eigenvalue weighted by atomic mass is 31.2. The molecule has 0 radical (unpaired) electrons. The van der Waals surface area contributed by atoms with Gasteiger partial charge in [-0.25, -0.2) is 4.57 Å². The second-order valence-corrected chi connectivity index (χ2v) is 15.3. The van der Waals surface area contributed by atoms with Gasteiger partial charge < -0.3 is 20.1 Å². The maximum Gasteiger partial charge on any atom is 0.472 e. The monoisotopic (exact) mass is 780 g/mol. The molecule has 0 aliphatic rings. The normalized spacial score (nSPS) is 13.9. The number of allylic oxidation sites excluding steroid dienone is 10.